The monoisotopic (exact) mass is 265 g/mol. The van der Waals surface area contributed by atoms with Gasteiger partial charge in [-0.05, 0) is 36.8 Å². The van der Waals surface area contributed by atoms with Gasteiger partial charge in [0.25, 0.3) is 0 Å². The molecule has 1 unspecified atom stereocenters. The quantitative estimate of drug-likeness (QED) is 0.914. The minimum atomic E-state index is 0.143. The number of nitrogens with one attached hydrogen (secondary N) is 1. The van der Waals surface area contributed by atoms with E-state index in [0.29, 0.717) is 5.56 Å². The molecule has 0 aliphatic carbocycles. The number of anilines is 2. The molecule has 1 N–H and O–H groups in total. The minimum absolute atomic E-state index is 0.143. The lowest BCUT2D eigenvalue weighted by atomic mass is 10.1. The van der Waals surface area contributed by atoms with E-state index < -0.39 is 0 Å². The first-order chi connectivity index (χ1) is 9.61. The number of rotatable bonds is 4. The van der Waals surface area contributed by atoms with Crippen molar-refractivity contribution in [3.63, 3.8) is 0 Å². The fourth-order valence-corrected chi connectivity index (χ4v) is 2.18. The van der Waals surface area contributed by atoms with Gasteiger partial charge in [-0.25, -0.2) is 0 Å². The van der Waals surface area contributed by atoms with Crippen LogP contribution in [-0.2, 0) is 0 Å². The van der Waals surface area contributed by atoms with E-state index in [1.165, 1.54) is 0 Å². The zero-order chi connectivity index (χ0) is 14.5. The van der Waals surface area contributed by atoms with Crippen molar-refractivity contribution >= 4 is 11.4 Å². The molecule has 0 heterocycles. The standard InChI is InChI=1S/C17H19N3/c1-13(15-8-6-7-14(11-15)12-18)19-16-9-4-5-10-17(16)20(2)3/h4-11,13,19H,1-3H3. The average molecular weight is 265 g/mol. The van der Waals surface area contributed by atoms with Crippen molar-refractivity contribution in [2.45, 2.75) is 13.0 Å². The molecule has 0 aromatic heterocycles. The number of nitrogens with zero attached hydrogens (tertiary/aromatic N) is 2. The second-order valence-electron chi connectivity index (χ2n) is 5.01. The zero-order valence-electron chi connectivity index (χ0n) is 12.1. The molecule has 0 saturated carbocycles. The Bertz CT molecular complexity index is 626. The van der Waals surface area contributed by atoms with Crippen molar-refractivity contribution in [3.8, 4) is 6.07 Å². The van der Waals surface area contributed by atoms with Crippen molar-refractivity contribution in [1.82, 2.24) is 0 Å². The zero-order valence-corrected chi connectivity index (χ0v) is 12.1. The van der Waals surface area contributed by atoms with E-state index in [-0.39, 0.29) is 6.04 Å². The van der Waals surface area contributed by atoms with Crippen LogP contribution in [0.3, 0.4) is 0 Å². The maximum Gasteiger partial charge on any atom is 0.0991 e. The Balaban J connectivity index is 2.23. The van der Waals surface area contributed by atoms with Crippen molar-refractivity contribution in [2.24, 2.45) is 0 Å². The summed E-state index contributed by atoms with van der Waals surface area (Å²) in [5, 5.41) is 12.5. The van der Waals surface area contributed by atoms with Gasteiger partial charge in [-0.2, -0.15) is 5.26 Å². The van der Waals surface area contributed by atoms with Gasteiger partial charge in [0.05, 0.1) is 23.0 Å². The molecule has 20 heavy (non-hydrogen) atoms. The van der Waals surface area contributed by atoms with E-state index in [9.17, 15) is 0 Å². The lowest BCUT2D eigenvalue weighted by Crippen LogP contribution is -2.14. The third-order valence-corrected chi connectivity index (χ3v) is 3.27. The summed E-state index contributed by atoms with van der Waals surface area (Å²) in [4.78, 5) is 2.08. The smallest absolute Gasteiger partial charge is 0.0991 e. The number of nitriles is 1. The molecular weight excluding hydrogens is 246 g/mol. The largest absolute Gasteiger partial charge is 0.377 e. The molecule has 0 bridgehead atoms. The predicted octanol–water partition coefficient (Wildman–Crippen LogP) is 3.80. The average Bonchev–Trinajstić information content (AvgIpc) is 2.47. The van der Waals surface area contributed by atoms with Crippen molar-refractivity contribution in [2.75, 3.05) is 24.3 Å². The van der Waals surface area contributed by atoms with Gasteiger partial charge in [-0.3, -0.25) is 0 Å². The lowest BCUT2D eigenvalue weighted by Gasteiger charge is -2.22. The lowest BCUT2D eigenvalue weighted by molar-refractivity contribution is 0.882. The predicted molar refractivity (Wildman–Crippen MR) is 84.0 cm³/mol. The third-order valence-electron chi connectivity index (χ3n) is 3.27. The maximum atomic E-state index is 8.97. The number of para-hydroxylation sites is 2. The highest BCUT2D eigenvalue weighted by atomic mass is 15.1. The molecule has 3 heteroatoms. The number of hydrogen-bond donors (Lipinski definition) is 1. The highest BCUT2D eigenvalue weighted by Crippen LogP contribution is 2.27. The first-order valence-electron chi connectivity index (χ1n) is 6.65. The van der Waals surface area contributed by atoms with Crippen molar-refractivity contribution in [3.05, 3.63) is 59.7 Å². The summed E-state index contributed by atoms with van der Waals surface area (Å²) in [6, 6.07) is 18.2. The van der Waals surface area contributed by atoms with E-state index in [1.54, 1.807) is 0 Å². The fraction of sp³-hybridized carbons (Fsp3) is 0.235. The molecule has 1 atom stereocenters. The molecule has 0 spiro atoms. The van der Waals surface area contributed by atoms with Crippen LogP contribution in [-0.4, -0.2) is 14.1 Å². The Labute approximate surface area is 120 Å². The number of hydrogen-bond acceptors (Lipinski definition) is 3. The van der Waals surface area contributed by atoms with Gasteiger partial charge in [0.15, 0.2) is 0 Å². The topological polar surface area (TPSA) is 39.1 Å². The second kappa shape index (κ2) is 6.12. The summed E-state index contributed by atoms with van der Waals surface area (Å²) in [6.07, 6.45) is 0. The summed E-state index contributed by atoms with van der Waals surface area (Å²) in [7, 11) is 4.06. The second-order valence-corrected chi connectivity index (χ2v) is 5.01. The van der Waals surface area contributed by atoms with E-state index in [0.717, 1.165) is 16.9 Å². The van der Waals surface area contributed by atoms with Crippen LogP contribution in [0.5, 0.6) is 0 Å². The van der Waals surface area contributed by atoms with Crippen LogP contribution in [0.2, 0.25) is 0 Å². The maximum absolute atomic E-state index is 8.97. The van der Waals surface area contributed by atoms with Crippen LogP contribution in [0.1, 0.15) is 24.1 Å². The van der Waals surface area contributed by atoms with Crippen LogP contribution >= 0.6 is 0 Å². The van der Waals surface area contributed by atoms with Crippen molar-refractivity contribution < 1.29 is 0 Å². The Morgan fingerprint density at radius 3 is 2.55 bits per heavy atom. The molecule has 0 amide bonds. The van der Waals surface area contributed by atoms with Crippen LogP contribution in [0.25, 0.3) is 0 Å². The van der Waals surface area contributed by atoms with E-state index >= 15 is 0 Å². The van der Waals surface area contributed by atoms with Gasteiger partial charge in [0, 0.05) is 20.1 Å². The third kappa shape index (κ3) is 3.10. The van der Waals surface area contributed by atoms with Gasteiger partial charge in [0.2, 0.25) is 0 Å². The van der Waals surface area contributed by atoms with Crippen molar-refractivity contribution in [1.29, 1.82) is 5.26 Å². The Kier molecular flexibility index (Phi) is 4.27. The minimum Gasteiger partial charge on any atom is -0.377 e. The molecule has 0 fully saturated rings. The first-order valence-corrected chi connectivity index (χ1v) is 6.65. The summed E-state index contributed by atoms with van der Waals surface area (Å²) in [6.45, 7) is 2.10. The van der Waals surface area contributed by atoms with E-state index in [4.69, 9.17) is 5.26 Å². The van der Waals surface area contributed by atoms with Crippen LogP contribution < -0.4 is 10.2 Å². The molecule has 3 nitrogen and oxygen atoms in total. The number of benzene rings is 2. The Morgan fingerprint density at radius 2 is 1.85 bits per heavy atom. The van der Waals surface area contributed by atoms with Gasteiger partial charge >= 0.3 is 0 Å². The SMILES string of the molecule is CC(Nc1ccccc1N(C)C)c1cccc(C#N)c1. The molecule has 2 aromatic carbocycles. The molecule has 2 aromatic rings. The summed E-state index contributed by atoms with van der Waals surface area (Å²) >= 11 is 0. The molecule has 0 aliphatic heterocycles. The fourth-order valence-electron chi connectivity index (χ4n) is 2.18. The first kappa shape index (κ1) is 14.0. The van der Waals surface area contributed by atoms with Gasteiger partial charge in [-0.15, -0.1) is 0 Å². The normalized spacial score (nSPS) is 11.5. The molecule has 0 radical (unpaired) electrons. The summed E-state index contributed by atoms with van der Waals surface area (Å²) in [5.41, 5.74) is 4.04. The molecule has 102 valence electrons. The van der Waals surface area contributed by atoms with Gasteiger partial charge < -0.3 is 10.2 Å². The highest BCUT2D eigenvalue weighted by molar-refractivity contribution is 5.69. The van der Waals surface area contributed by atoms with Crippen LogP contribution in [0, 0.1) is 11.3 Å². The summed E-state index contributed by atoms with van der Waals surface area (Å²) in [5.74, 6) is 0. The Morgan fingerprint density at radius 1 is 1.10 bits per heavy atom. The van der Waals surface area contributed by atoms with Crippen LogP contribution in [0.15, 0.2) is 48.5 Å². The van der Waals surface area contributed by atoms with Gasteiger partial charge in [-0.1, -0.05) is 24.3 Å². The Hall–Kier alpha value is -2.47. The van der Waals surface area contributed by atoms with Gasteiger partial charge in [0.1, 0.15) is 0 Å². The summed E-state index contributed by atoms with van der Waals surface area (Å²) < 4.78 is 0. The van der Waals surface area contributed by atoms with E-state index in [2.05, 4.69) is 35.3 Å². The highest BCUT2D eigenvalue weighted by Gasteiger charge is 2.09. The molecule has 2 rings (SSSR count). The van der Waals surface area contributed by atoms with E-state index in [1.807, 2.05) is 50.5 Å². The molecule has 0 saturated heterocycles. The molecular formula is C17H19N3. The van der Waals surface area contributed by atoms with Crippen LogP contribution in [0.4, 0.5) is 11.4 Å². The molecule has 0 aliphatic rings.